The standard InChI is InChI=1S/C11H10ClN3O3/c1-2-3-10-13-11(14-18-10)7-4-5-8(12)9(6-7)15(16)17/h4-6H,2-3H2,1H3. The van der Waals surface area contributed by atoms with Crippen molar-refractivity contribution in [3.63, 3.8) is 0 Å². The van der Waals surface area contributed by atoms with E-state index in [0.29, 0.717) is 23.7 Å². The molecule has 0 aliphatic heterocycles. The lowest BCUT2D eigenvalue weighted by molar-refractivity contribution is -0.384. The van der Waals surface area contributed by atoms with Gasteiger partial charge < -0.3 is 4.52 Å². The van der Waals surface area contributed by atoms with Crippen molar-refractivity contribution < 1.29 is 9.45 Å². The van der Waals surface area contributed by atoms with Gasteiger partial charge in [0.05, 0.1) is 4.92 Å². The van der Waals surface area contributed by atoms with Crippen molar-refractivity contribution in [1.29, 1.82) is 0 Å². The van der Waals surface area contributed by atoms with Gasteiger partial charge in [-0.05, 0) is 18.6 Å². The van der Waals surface area contributed by atoms with Crippen LogP contribution in [-0.2, 0) is 6.42 Å². The van der Waals surface area contributed by atoms with E-state index >= 15 is 0 Å². The van der Waals surface area contributed by atoms with Crippen LogP contribution in [0.3, 0.4) is 0 Å². The van der Waals surface area contributed by atoms with E-state index in [1.165, 1.54) is 12.1 Å². The van der Waals surface area contributed by atoms with Gasteiger partial charge >= 0.3 is 0 Å². The summed E-state index contributed by atoms with van der Waals surface area (Å²) in [6.07, 6.45) is 1.57. The van der Waals surface area contributed by atoms with Crippen LogP contribution in [0.15, 0.2) is 22.7 Å². The van der Waals surface area contributed by atoms with E-state index < -0.39 is 4.92 Å². The van der Waals surface area contributed by atoms with Gasteiger partial charge in [-0.3, -0.25) is 10.1 Å². The summed E-state index contributed by atoms with van der Waals surface area (Å²) in [5.74, 6) is 0.850. The van der Waals surface area contributed by atoms with Crippen LogP contribution >= 0.6 is 11.6 Å². The fourth-order valence-electron chi connectivity index (χ4n) is 1.48. The number of benzene rings is 1. The van der Waals surface area contributed by atoms with E-state index in [1.807, 2.05) is 6.92 Å². The van der Waals surface area contributed by atoms with Gasteiger partial charge in [0.2, 0.25) is 11.7 Å². The third kappa shape index (κ3) is 2.48. The van der Waals surface area contributed by atoms with Crippen LogP contribution in [0.25, 0.3) is 11.4 Å². The molecule has 18 heavy (non-hydrogen) atoms. The molecule has 0 aliphatic rings. The maximum atomic E-state index is 10.8. The molecule has 0 unspecified atom stereocenters. The Hall–Kier alpha value is -1.95. The highest BCUT2D eigenvalue weighted by Gasteiger charge is 2.16. The highest BCUT2D eigenvalue weighted by atomic mass is 35.5. The second kappa shape index (κ2) is 5.14. The van der Waals surface area contributed by atoms with Crippen molar-refractivity contribution in [1.82, 2.24) is 10.1 Å². The van der Waals surface area contributed by atoms with Crippen molar-refractivity contribution >= 4 is 17.3 Å². The summed E-state index contributed by atoms with van der Waals surface area (Å²) in [5, 5.41) is 14.6. The lowest BCUT2D eigenvalue weighted by Crippen LogP contribution is -1.91. The Bertz CT molecular complexity index is 583. The van der Waals surface area contributed by atoms with E-state index in [1.54, 1.807) is 6.07 Å². The van der Waals surface area contributed by atoms with E-state index in [0.717, 1.165) is 6.42 Å². The molecule has 0 atom stereocenters. The smallest absolute Gasteiger partial charge is 0.288 e. The first-order valence-corrected chi connectivity index (χ1v) is 5.76. The molecule has 0 fully saturated rings. The van der Waals surface area contributed by atoms with Gasteiger partial charge in [-0.1, -0.05) is 23.7 Å². The maximum absolute atomic E-state index is 10.8. The number of halogens is 1. The molecule has 7 heteroatoms. The third-order valence-corrected chi connectivity index (χ3v) is 2.65. The van der Waals surface area contributed by atoms with Crippen molar-refractivity contribution in [3.05, 3.63) is 39.2 Å². The molecule has 2 rings (SSSR count). The SMILES string of the molecule is CCCc1nc(-c2ccc(Cl)c([N+](=O)[O-])c2)no1. The number of aromatic nitrogens is 2. The van der Waals surface area contributed by atoms with Gasteiger partial charge in [0, 0.05) is 18.1 Å². The first-order chi connectivity index (χ1) is 8.61. The minimum absolute atomic E-state index is 0.0843. The largest absolute Gasteiger partial charge is 0.339 e. The predicted octanol–water partition coefficient (Wildman–Crippen LogP) is 3.25. The fourth-order valence-corrected chi connectivity index (χ4v) is 1.67. The quantitative estimate of drug-likeness (QED) is 0.627. The molecule has 0 bridgehead atoms. The summed E-state index contributed by atoms with van der Waals surface area (Å²) in [7, 11) is 0. The van der Waals surface area contributed by atoms with Crippen LogP contribution in [0.4, 0.5) is 5.69 Å². The Morgan fingerprint density at radius 3 is 2.94 bits per heavy atom. The maximum Gasteiger partial charge on any atom is 0.288 e. The molecule has 0 N–H and O–H groups in total. The average molecular weight is 268 g/mol. The number of nitrogens with zero attached hydrogens (tertiary/aromatic N) is 3. The average Bonchev–Trinajstić information content (AvgIpc) is 2.78. The number of hydrogen-bond donors (Lipinski definition) is 0. The minimum atomic E-state index is -0.543. The van der Waals surface area contributed by atoms with Gasteiger partial charge in [0.1, 0.15) is 5.02 Å². The van der Waals surface area contributed by atoms with Crippen LogP contribution in [0.2, 0.25) is 5.02 Å². The number of rotatable bonds is 4. The van der Waals surface area contributed by atoms with E-state index in [2.05, 4.69) is 10.1 Å². The molecule has 0 amide bonds. The van der Waals surface area contributed by atoms with Crippen LogP contribution in [0.1, 0.15) is 19.2 Å². The zero-order chi connectivity index (χ0) is 13.1. The molecule has 94 valence electrons. The van der Waals surface area contributed by atoms with Crippen molar-refractivity contribution in [2.45, 2.75) is 19.8 Å². The molecule has 6 nitrogen and oxygen atoms in total. The van der Waals surface area contributed by atoms with Crippen molar-refractivity contribution in [2.24, 2.45) is 0 Å². The normalized spacial score (nSPS) is 10.6. The molecule has 1 heterocycles. The minimum Gasteiger partial charge on any atom is -0.339 e. The van der Waals surface area contributed by atoms with Crippen LogP contribution in [-0.4, -0.2) is 15.1 Å². The third-order valence-electron chi connectivity index (χ3n) is 2.33. The number of nitro groups is 1. The summed E-state index contributed by atoms with van der Waals surface area (Å²) in [6.45, 7) is 2.00. The molecule has 0 spiro atoms. The highest BCUT2D eigenvalue weighted by Crippen LogP contribution is 2.29. The Morgan fingerprint density at radius 2 is 2.28 bits per heavy atom. The monoisotopic (exact) mass is 267 g/mol. The first kappa shape index (κ1) is 12.5. The summed E-state index contributed by atoms with van der Waals surface area (Å²) >= 11 is 5.73. The summed E-state index contributed by atoms with van der Waals surface area (Å²) in [6, 6.07) is 4.41. The molecule has 0 radical (unpaired) electrons. The topological polar surface area (TPSA) is 82.1 Å². The number of nitro benzene ring substituents is 1. The fraction of sp³-hybridized carbons (Fsp3) is 0.273. The summed E-state index contributed by atoms with van der Waals surface area (Å²) < 4.78 is 5.03. The zero-order valence-corrected chi connectivity index (χ0v) is 10.3. The zero-order valence-electron chi connectivity index (χ0n) is 9.59. The van der Waals surface area contributed by atoms with E-state index in [4.69, 9.17) is 16.1 Å². The molecule has 1 aromatic carbocycles. The lowest BCUT2D eigenvalue weighted by atomic mass is 10.2. The molecule has 0 saturated heterocycles. The molecular formula is C11H10ClN3O3. The number of hydrogen-bond acceptors (Lipinski definition) is 5. The van der Waals surface area contributed by atoms with Crippen LogP contribution in [0, 0.1) is 10.1 Å². The second-order valence-corrected chi connectivity index (χ2v) is 4.09. The molecule has 2 aromatic rings. The van der Waals surface area contributed by atoms with Crippen molar-refractivity contribution in [2.75, 3.05) is 0 Å². The molecule has 0 saturated carbocycles. The van der Waals surface area contributed by atoms with Crippen LogP contribution in [0.5, 0.6) is 0 Å². The van der Waals surface area contributed by atoms with E-state index in [-0.39, 0.29) is 10.7 Å². The Morgan fingerprint density at radius 1 is 1.50 bits per heavy atom. The van der Waals surface area contributed by atoms with Gasteiger partial charge in [-0.15, -0.1) is 0 Å². The molecule has 1 aromatic heterocycles. The Kier molecular flexibility index (Phi) is 3.57. The Labute approximate surface area is 108 Å². The van der Waals surface area contributed by atoms with Gasteiger partial charge in [0.25, 0.3) is 5.69 Å². The predicted molar refractivity (Wildman–Crippen MR) is 65.4 cm³/mol. The molecule has 0 aliphatic carbocycles. The first-order valence-electron chi connectivity index (χ1n) is 5.38. The van der Waals surface area contributed by atoms with Gasteiger partial charge in [0.15, 0.2) is 0 Å². The summed E-state index contributed by atoms with van der Waals surface area (Å²) in [5.41, 5.74) is 0.341. The Balaban J connectivity index is 2.38. The van der Waals surface area contributed by atoms with Crippen LogP contribution < -0.4 is 0 Å². The molecular weight excluding hydrogens is 258 g/mol. The highest BCUT2D eigenvalue weighted by molar-refractivity contribution is 6.32. The van der Waals surface area contributed by atoms with E-state index in [9.17, 15) is 10.1 Å². The lowest BCUT2D eigenvalue weighted by Gasteiger charge is -1.97. The number of aryl methyl sites for hydroxylation is 1. The van der Waals surface area contributed by atoms with Gasteiger partial charge in [-0.2, -0.15) is 4.98 Å². The van der Waals surface area contributed by atoms with Crippen molar-refractivity contribution in [3.8, 4) is 11.4 Å². The summed E-state index contributed by atoms with van der Waals surface area (Å²) in [4.78, 5) is 14.4. The second-order valence-electron chi connectivity index (χ2n) is 3.69. The van der Waals surface area contributed by atoms with Gasteiger partial charge in [-0.25, -0.2) is 0 Å².